The molecule has 1 fully saturated rings. The molecule has 1 amide bonds. The molecule has 1 saturated carbocycles. The molecule has 2 aromatic rings. The molecule has 1 aliphatic rings. The molecule has 0 aromatic carbocycles. The van der Waals surface area contributed by atoms with Crippen molar-refractivity contribution in [1.82, 2.24) is 9.97 Å². The van der Waals surface area contributed by atoms with E-state index in [1.54, 1.807) is 7.11 Å². The zero-order chi connectivity index (χ0) is 21.0. The maximum Gasteiger partial charge on any atom is 0.433 e. The molecule has 0 saturated heterocycles. The maximum atomic E-state index is 13.4. The van der Waals surface area contributed by atoms with Crippen LogP contribution in [0.5, 0.6) is 0 Å². The van der Waals surface area contributed by atoms with Gasteiger partial charge in [-0.1, -0.05) is 0 Å². The lowest BCUT2D eigenvalue weighted by Gasteiger charge is -2.30. The molecule has 29 heavy (non-hydrogen) atoms. The summed E-state index contributed by atoms with van der Waals surface area (Å²) in [5.74, 6) is -1.02. The van der Waals surface area contributed by atoms with Gasteiger partial charge < -0.3 is 15.2 Å². The Labute approximate surface area is 170 Å². The lowest BCUT2D eigenvalue weighted by Crippen LogP contribution is -2.25. The van der Waals surface area contributed by atoms with Crippen LogP contribution < -0.4 is 5.73 Å². The van der Waals surface area contributed by atoms with Crippen LogP contribution >= 0.6 is 11.3 Å². The van der Waals surface area contributed by atoms with Crippen LogP contribution in [0.1, 0.15) is 53.2 Å². The third-order valence-corrected chi connectivity index (χ3v) is 5.78. The number of amides is 1. The number of alkyl halides is 3. The number of carbonyl (C=O) groups is 1. The molecule has 2 aromatic heterocycles. The van der Waals surface area contributed by atoms with Crippen molar-refractivity contribution in [2.45, 2.75) is 43.9 Å². The largest absolute Gasteiger partial charge is 0.433 e. The number of carbonyl (C=O) groups excluding carboxylic acids is 1. The number of halogens is 3. The summed E-state index contributed by atoms with van der Waals surface area (Å²) in [5.41, 5.74) is 6.36. The summed E-state index contributed by atoms with van der Waals surface area (Å²) in [7, 11) is 1.60. The summed E-state index contributed by atoms with van der Waals surface area (Å²) in [6.45, 7) is 0.996. The molecule has 0 spiro atoms. The van der Waals surface area contributed by atoms with Crippen LogP contribution in [0.2, 0.25) is 0 Å². The minimum Gasteiger partial charge on any atom is -0.382 e. The standard InChI is InChI=1S/C19H22F3N3O3S/c1-27-6-7-28-12-4-2-11(3-5-12)16-13(18(23)26)8-15(19(20,21)22)25-17(16)14-9-24-10-29-14/h8-12H,2-7H2,1H3,(H2,23,26). The van der Waals surface area contributed by atoms with E-state index in [-0.39, 0.29) is 23.3 Å². The Kier molecular flexibility index (Phi) is 6.86. The summed E-state index contributed by atoms with van der Waals surface area (Å²) in [6, 6.07) is 0.767. The fraction of sp³-hybridized carbons (Fsp3) is 0.526. The molecule has 3 rings (SSSR count). The molecule has 0 radical (unpaired) electrons. The van der Waals surface area contributed by atoms with E-state index in [4.69, 9.17) is 15.2 Å². The molecule has 0 aliphatic heterocycles. The van der Waals surface area contributed by atoms with E-state index in [1.807, 2.05) is 0 Å². The summed E-state index contributed by atoms with van der Waals surface area (Å²) in [6.07, 6.45) is -0.373. The fourth-order valence-corrected chi connectivity index (χ4v) is 4.28. The van der Waals surface area contributed by atoms with Gasteiger partial charge in [-0.3, -0.25) is 9.78 Å². The Bertz CT molecular complexity index is 835. The fourth-order valence-electron chi connectivity index (χ4n) is 3.65. The van der Waals surface area contributed by atoms with Crippen molar-refractivity contribution in [2.75, 3.05) is 20.3 Å². The second-order valence-electron chi connectivity index (χ2n) is 6.88. The van der Waals surface area contributed by atoms with Crippen LogP contribution in [0.15, 0.2) is 17.8 Å². The van der Waals surface area contributed by atoms with E-state index >= 15 is 0 Å². The molecule has 0 atom stereocenters. The highest BCUT2D eigenvalue weighted by Gasteiger charge is 2.37. The summed E-state index contributed by atoms with van der Waals surface area (Å²) in [5, 5.41) is 0. The number of rotatable bonds is 7. The number of primary amides is 1. The van der Waals surface area contributed by atoms with Crippen LogP contribution in [-0.4, -0.2) is 42.3 Å². The van der Waals surface area contributed by atoms with Gasteiger partial charge in [-0.05, 0) is 43.2 Å². The Hall–Kier alpha value is -2.04. The SMILES string of the molecule is COCCOC1CCC(c2c(C(N)=O)cc(C(F)(F)F)nc2-c2cncs2)CC1. The number of aromatic nitrogens is 2. The van der Waals surface area contributed by atoms with Crippen LogP contribution in [0.3, 0.4) is 0 Å². The predicted octanol–water partition coefficient (Wildman–Crippen LogP) is 4.01. The first-order valence-electron chi connectivity index (χ1n) is 9.22. The Morgan fingerprint density at radius 3 is 2.55 bits per heavy atom. The van der Waals surface area contributed by atoms with Crippen LogP contribution in [-0.2, 0) is 15.7 Å². The lowest BCUT2D eigenvalue weighted by molar-refractivity contribution is -0.141. The molecule has 10 heteroatoms. The molecule has 158 valence electrons. The highest BCUT2D eigenvalue weighted by Crippen LogP contribution is 2.42. The van der Waals surface area contributed by atoms with E-state index in [0.717, 1.165) is 18.9 Å². The molecular weight excluding hydrogens is 407 g/mol. The highest BCUT2D eigenvalue weighted by molar-refractivity contribution is 7.13. The van der Waals surface area contributed by atoms with Gasteiger partial charge in [0.2, 0.25) is 5.91 Å². The Morgan fingerprint density at radius 2 is 2.00 bits per heavy atom. The molecule has 2 N–H and O–H groups in total. The van der Waals surface area contributed by atoms with Crippen molar-refractivity contribution in [1.29, 1.82) is 0 Å². The third-order valence-electron chi connectivity index (χ3n) is 5.00. The summed E-state index contributed by atoms with van der Waals surface area (Å²) < 4.78 is 50.9. The third kappa shape index (κ3) is 5.12. The van der Waals surface area contributed by atoms with Crippen molar-refractivity contribution >= 4 is 17.2 Å². The van der Waals surface area contributed by atoms with Gasteiger partial charge in [-0.15, -0.1) is 11.3 Å². The molecule has 2 heterocycles. The predicted molar refractivity (Wildman–Crippen MR) is 102 cm³/mol. The first kappa shape index (κ1) is 21.7. The second-order valence-corrected chi connectivity index (χ2v) is 7.77. The molecule has 0 unspecified atom stereocenters. The normalized spacial score (nSPS) is 20.0. The van der Waals surface area contributed by atoms with Crippen LogP contribution in [0, 0.1) is 0 Å². The Morgan fingerprint density at radius 1 is 1.28 bits per heavy atom. The number of hydrogen-bond acceptors (Lipinski definition) is 6. The van der Waals surface area contributed by atoms with Gasteiger partial charge in [-0.25, -0.2) is 4.98 Å². The average Bonchev–Trinajstić information content (AvgIpc) is 3.22. The van der Waals surface area contributed by atoms with Crippen molar-refractivity contribution in [3.05, 3.63) is 34.6 Å². The average molecular weight is 429 g/mol. The number of methoxy groups -OCH3 is 1. The van der Waals surface area contributed by atoms with E-state index < -0.39 is 17.8 Å². The lowest BCUT2D eigenvalue weighted by atomic mass is 9.79. The molecular formula is C19H22F3N3O3S. The highest BCUT2D eigenvalue weighted by atomic mass is 32.1. The van der Waals surface area contributed by atoms with Crippen LogP contribution in [0.4, 0.5) is 13.2 Å². The van der Waals surface area contributed by atoms with Gasteiger partial charge in [0.05, 0.1) is 35.4 Å². The topological polar surface area (TPSA) is 87.3 Å². The quantitative estimate of drug-likeness (QED) is 0.672. The number of nitrogens with two attached hydrogens (primary N) is 1. The van der Waals surface area contributed by atoms with Gasteiger partial charge in [0.25, 0.3) is 0 Å². The van der Waals surface area contributed by atoms with Gasteiger partial charge in [0.15, 0.2) is 0 Å². The van der Waals surface area contributed by atoms with Gasteiger partial charge in [0.1, 0.15) is 5.69 Å². The maximum absolute atomic E-state index is 13.4. The van der Waals surface area contributed by atoms with Gasteiger partial charge in [0, 0.05) is 18.9 Å². The number of ether oxygens (including phenoxy) is 2. The zero-order valence-electron chi connectivity index (χ0n) is 15.9. The van der Waals surface area contributed by atoms with Gasteiger partial charge >= 0.3 is 6.18 Å². The number of hydrogen-bond donors (Lipinski definition) is 1. The summed E-state index contributed by atoms with van der Waals surface area (Å²) in [4.78, 5) is 20.4. The first-order valence-corrected chi connectivity index (χ1v) is 10.1. The summed E-state index contributed by atoms with van der Waals surface area (Å²) >= 11 is 1.18. The zero-order valence-corrected chi connectivity index (χ0v) is 16.7. The van der Waals surface area contributed by atoms with E-state index in [2.05, 4.69) is 9.97 Å². The van der Waals surface area contributed by atoms with E-state index in [0.29, 0.717) is 36.5 Å². The smallest absolute Gasteiger partial charge is 0.382 e. The van der Waals surface area contributed by atoms with E-state index in [9.17, 15) is 18.0 Å². The van der Waals surface area contributed by atoms with Crippen molar-refractivity contribution in [3.8, 4) is 10.6 Å². The molecule has 0 bridgehead atoms. The molecule has 1 aliphatic carbocycles. The second kappa shape index (κ2) is 9.19. The van der Waals surface area contributed by atoms with Crippen molar-refractivity contribution in [2.24, 2.45) is 5.73 Å². The number of nitrogens with zero attached hydrogens (tertiary/aromatic N) is 2. The molecule has 6 nitrogen and oxygen atoms in total. The minimum absolute atomic E-state index is 0.0627. The monoisotopic (exact) mass is 429 g/mol. The Balaban J connectivity index is 1.96. The number of pyridine rings is 1. The first-order chi connectivity index (χ1) is 13.8. The van der Waals surface area contributed by atoms with E-state index in [1.165, 1.54) is 23.0 Å². The van der Waals surface area contributed by atoms with Crippen molar-refractivity contribution < 1.29 is 27.4 Å². The van der Waals surface area contributed by atoms with Crippen molar-refractivity contribution in [3.63, 3.8) is 0 Å². The number of thiazole rings is 1. The van der Waals surface area contributed by atoms with Gasteiger partial charge in [-0.2, -0.15) is 13.2 Å². The minimum atomic E-state index is -4.69. The van der Waals surface area contributed by atoms with Crippen LogP contribution in [0.25, 0.3) is 10.6 Å².